The number of hydrogen-bond acceptors (Lipinski definition) is 0. The van der Waals surface area contributed by atoms with E-state index in [2.05, 4.69) is 0 Å². The molecule has 0 aliphatic heterocycles. The fourth-order valence-electron chi connectivity index (χ4n) is 2.22. The molecule has 3 aromatic carbocycles. The number of benzene rings is 3. The molecule has 0 radical (unpaired) electrons. The summed E-state index contributed by atoms with van der Waals surface area (Å²) in [5.74, 6) is -0.840. The Morgan fingerprint density at radius 2 is 0.857 bits per heavy atom. The average molecular weight is 303 g/mol. The third-order valence-electron chi connectivity index (χ3n) is 3.23. The zero-order chi connectivity index (χ0) is 13.9. The monoisotopic (exact) mass is 302 g/mol. The van der Waals surface area contributed by atoms with E-state index in [0.717, 1.165) is 0 Å². The van der Waals surface area contributed by atoms with E-state index in [4.69, 9.17) is 0 Å². The first-order valence-corrected chi connectivity index (χ1v) is 6.35. The van der Waals surface area contributed by atoms with Crippen molar-refractivity contribution < 1.29 is 8.78 Å². The van der Waals surface area contributed by atoms with Crippen molar-refractivity contribution in [3.8, 4) is 22.3 Å². The van der Waals surface area contributed by atoms with E-state index in [1.54, 1.807) is 48.5 Å². The molecule has 0 aliphatic carbocycles. The second kappa shape index (κ2) is 6.51. The Morgan fingerprint density at radius 3 is 1.19 bits per heavy atom. The van der Waals surface area contributed by atoms with E-state index in [9.17, 15) is 8.78 Å². The highest BCUT2D eigenvalue weighted by Crippen LogP contribution is 2.30. The fourth-order valence-corrected chi connectivity index (χ4v) is 2.22. The average Bonchev–Trinajstić information content (AvgIpc) is 2.51. The van der Waals surface area contributed by atoms with Crippen LogP contribution in [0.4, 0.5) is 8.78 Å². The summed E-state index contributed by atoms with van der Waals surface area (Å²) in [5.41, 5.74) is 1.90. The minimum absolute atomic E-state index is 0. The summed E-state index contributed by atoms with van der Waals surface area (Å²) in [6.07, 6.45) is 0. The van der Waals surface area contributed by atoms with Gasteiger partial charge in [-0.05, 0) is 23.3 Å². The van der Waals surface area contributed by atoms with Gasteiger partial charge in [-0.1, -0.05) is 60.7 Å². The first-order valence-electron chi connectivity index (χ1n) is 6.35. The van der Waals surface area contributed by atoms with Crippen LogP contribution < -0.4 is 0 Å². The van der Waals surface area contributed by atoms with Crippen molar-refractivity contribution in [2.24, 2.45) is 0 Å². The van der Waals surface area contributed by atoms with E-state index in [1.165, 1.54) is 12.1 Å². The summed E-state index contributed by atoms with van der Waals surface area (Å²) < 4.78 is 28.5. The molecular formula is C18H13ClF2. The highest BCUT2D eigenvalue weighted by atomic mass is 35.5. The third-order valence-corrected chi connectivity index (χ3v) is 3.23. The van der Waals surface area contributed by atoms with Crippen molar-refractivity contribution in [1.82, 2.24) is 0 Å². The topological polar surface area (TPSA) is 0 Å². The van der Waals surface area contributed by atoms with Crippen LogP contribution in [0.2, 0.25) is 0 Å². The highest BCUT2D eigenvalue weighted by molar-refractivity contribution is 5.85. The largest absolute Gasteiger partial charge is 0.206 e. The molecule has 3 heteroatoms. The summed E-state index contributed by atoms with van der Waals surface area (Å²) >= 11 is 0. The molecule has 0 unspecified atom stereocenters. The standard InChI is InChI=1S/C18H12F2.ClH/c19-17-12-16(14-9-5-2-6-10-14)18(20)11-15(17)13-7-3-1-4-8-13;/h1-12H;1H. The first kappa shape index (κ1) is 15.2. The van der Waals surface area contributed by atoms with Crippen LogP contribution in [0.1, 0.15) is 0 Å². The number of rotatable bonds is 2. The van der Waals surface area contributed by atoms with Gasteiger partial charge in [0.05, 0.1) is 0 Å². The van der Waals surface area contributed by atoms with Crippen LogP contribution in [0, 0.1) is 11.6 Å². The lowest BCUT2D eigenvalue weighted by atomic mass is 9.99. The van der Waals surface area contributed by atoms with Crippen LogP contribution in [0.25, 0.3) is 22.3 Å². The molecule has 0 aliphatic rings. The summed E-state index contributed by atoms with van der Waals surface area (Å²) in [6, 6.07) is 20.5. The summed E-state index contributed by atoms with van der Waals surface area (Å²) in [6.45, 7) is 0. The quantitative estimate of drug-likeness (QED) is 0.568. The van der Waals surface area contributed by atoms with Gasteiger partial charge in [0.1, 0.15) is 11.6 Å². The lowest BCUT2D eigenvalue weighted by Crippen LogP contribution is -1.91. The van der Waals surface area contributed by atoms with Crippen molar-refractivity contribution in [3.63, 3.8) is 0 Å². The molecule has 0 aromatic heterocycles. The third kappa shape index (κ3) is 3.11. The molecule has 0 fully saturated rings. The molecule has 0 amide bonds. The predicted octanol–water partition coefficient (Wildman–Crippen LogP) is 5.72. The molecule has 21 heavy (non-hydrogen) atoms. The maximum absolute atomic E-state index is 14.2. The Hall–Kier alpha value is -2.19. The predicted molar refractivity (Wildman–Crippen MR) is 84.5 cm³/mol. The lowest BCUT2D eigenvalue weighted by molar-refractivity contribution is 0.606. The van der Waals surface area contributed by atoms with Crippen molar-refractivity contribution in [3.05, 3.63) is 84.4 Å². The minimum Gasteiger partial charge on any atom is -0.206 e. The molecule has 0 saturated carbocycles. The van der Waals surface area contributed by atoms with Crippen LogP contribution in [0.15, 0.2) is 72.8 Å². The van der Waals surface area contributed by atoms with E-state index >= 15 is 0 Å². The maximum Gasteiger partial charge on any atom is 0.131 e. The molecule has 0 N–H and O–H groups in total. The van der Waals surface area contributed by atoms with Gasteiger partial charge in [0.15, 0.2) is 0 Å². The number of hydrogen-bond donors (Lipinski definition) is 0. The maximum atomic E-state index is 14.2. The van der Waals surface area contributed by atoms with Gasteiger partial charge in [-0.15, -0.1) is 12.4 Å². The summed E-state index contributed by atoms with van der Waals surface area (Å²) in [4.78, 5) is 0. The molecule has 0 nitrogen and oxygen atoms in total. The first-order chi connectivity index (χ1) is 9.75. The smallest absolute Gasteiger partial charge is 0.131 e. The van der Waals surface area contributed by atoms with Gasteiger partial charge >= 0.3 is 0 Å². The van der Waals surface area contributed by atoms with Gasteiger partial charge in [0, 0.05) is 11.1 Å². The molecule has 0 heterocycles. The highest BCUT2D eigenvalue weighted by Gasteiger charge is 2.12. The van der Waals surface area contributed by atoms with Gasteiger partial charge in [0.2, 0.25) is 0 Å². The normalized spacial score (nSPS) is 10.0. The number of halogens is 3. The van der Waals surface area contributed by atoms with E-state index in [-0.39, 0.29) is 23.5 Å². The van der Waals surface area contributed by atoms with E-state index < -0.39 is 11.6 Å². The summed E-state index contributed by atoms with van der Waals surface area (Å²) in [7, 11) is 0. The molecule has 0 saturated heterocycles. The van der Waals surface area contributed by atoms with E-state index in [1.807, 2.05) is 12.1 Å². The molecular weight excluding hydrogens is 290 g/mol. The Kier molecular flexibility index (Phi) is 4.71. The summed E-state index contributed by atoms with van der Waals surface area (Å²) in [5, 5.41) is 0. The fraction of sp³-hybridized carbons (Fsp3) is 0. The second-order valence-corrected chi connectivity index (χ2v) is 4.54. The van der Waals surface area contributed by atoms with Crippen LogP contribution >= 0.6 is 12.4 Å². The van der Waals surface area contributed by atoms with Gasteiger partial charge in [-0.25, -0.2) is 8.78 Å². The Bertz CT molecular complexity index is 660. The van der Waals surface area contributed by atoms with Crippen molar-refractivity contribution >= 4 is 12.4 Å². The van der Waals surface area contributed by atoms with Crippen LogP contribution in [0.5, 0.6) is 0 Å². The molecule has 0 atom stereocenters. The molecule has 0 bridgehead atoms. The van der Waals surface area contributed by atoms with Crippen molar-refractivity contribution in [2.75, 3.05) is 0 Å². The van der Waals surface area contributed by atoms with Crippen molar-refractivity contribution in [2.45, 2.75) is 0 Å². The Balaban J connectivity index is 0.00000161. The van der Waals surface area contributed by atoms with Crippen LogP contribution in [-0.4, -0.2) is 0 Å². The Morgan fingerprint density at radius 1 is 0.524 bits per heavy atom. The van der Waals surface area contributed by atoms with Crippen LogP contribution in [0.3, 0.4) is 0 Å². The zero-order valence-corrected chi connectivity index (χ0v) is 11.9. The SMILES string of the molecule is Cl.Fc1cc(-c2ccccc2)c(F)cc1-c1ccccc1. The molecule has 3 rings (SSSR count). The molecule has 0 spiro atoms. The van der Waals surface area contributed by atoms with Gasteiger partial charge in [-0.3, -0.25) is 0 Å². The van der Waals surface area contributed by atoms with Gasteiger partial charge < -0.3 is 0 Å². The molecule has 106 valence electrons. The minimum atomic E-state index is -0.420. The van der Waals surface area contributed by atoms with Gasteiger partial charge in [0.25, 0.3) is 0 Å². The van der Waals surface area contributed by atoms with Gasteiger partial charge in [-0.2, -0.15) is 0 Å². The molecule has 3 aromatic rings. The van der Waals surface area contributed by atoms with Crippen molar-refractivity contribution in [1.29, 1.82) is 0 Å². The second-order valence-electron chi connectivity index (χ2n) is 4.54. The van der Waals surface area contributed by atoms with Crippen LogP contribution in [-0.2, 0) is 0 Å². The zero-order valence-electron chi connectivity index (χ0n) is 11.1. The lowest BCUT2D eigenvalue weighted by Gasteiger charge is -2.08. The van der Waals surface area contributed by atoms with E-state index in [0.29, 0.717) is 11.1 Å². The Labute approximate surface area is 128 Å².